The maximum Gasteiger partial charge on any atom is 0.192 e. The minimum Gasteiger partial charge on any atom is -0.481 e. The molecule has 0 aliphatic rings. The van der Waals surface area contributed by atoms with E-state index in [4.69, 9.17) is 21.3 Å². The van der Waals surface area contributed by atoms with Gasteiger partial charge in [-0.25, -0.2) is 4.98 Å². The molecule has 2 aromatic heterocycles. The molecule has 164 valence electrons. The fourth-order valence-corrected chi connectivity index (χ4v) is 5.28. The van der Waals surface area contributed by atoms with E-state index in [2.05, 4.69) is 41.2 Å². The maximum absolute atomic E-state index is 6.24. The Balaban J connectivity index is 1.49. The Hall–Kier alpha value is -2.61. The molecular weight excluding hydrogens is 460 g/mol. The largest absolute Gasteiger partial charge is 0.481 e. The molecule has 0 bridgehead atoms. The van der Waals surface area contributed by atoms with Gasteiger partial charge in [-0.15, -0.1) is 28.1 Å². The molecule has 0 aliphatic heterocycles. The number of aromatic nitrogens is 4. The average molecular weight is 483 g/mol. The van der Waals surface area contributed by atoms with Crippen molar-refractivity contribution in [3.8, 4) is 16.3 Å². The third-order valence-electron chi connectivity index (χ3n) is 4.84. The molecule has 32 heavy (non-hydrogen) atoms. The minimum atomic E-state index is -0.316. The van der Waals surface area contributed by atoms with Crippen molar-refractivity contribution in [1.82, 2.24) is 19.7 Å². The molecule has 5 nitrogen and oxygen atoms in total. The molecule has 0 radical (unpaired) electrons. The number of aryl methyl sites for hydroxylation is 1. The number of para-hydroxylation sites is 1. The SMILES string of the molecule is C=CCn1c(SCc2csc(-c3ccccc3C)n2)nnc1C(C)Oc1ccccc1Cl. The van der Waals surface area contributed by atoms with Crippen molar-refractivity contribution in [3.63, 3.8) is 0 Å². The van der Waals surface area contributed by atoms with Crippen molar-refractivity contribution in [2.75, 3.05) is 0 Å². The standard InChI is InChI=1S/C24H23ClN4OS2/c1-4-13-29-22(17(3)30-21-12-8-7-11-20(21)25)27-28-24(29)32-15-18-14-31-23(26-18)19-10-6-5-9-16(19)2/h4-12,14,17H,1,13,15H2,2-3H3. The lowest BCUT2D eigenvalue weighted by atomic mass is 10.1. The van der Waals surface area contributed by atoms with Crippen LogP contribution < -0.4 is 4.74 Å². The first-order valence-electron chi connectivity index (χ1n) is 10.1. The van der Waals surface area contributed by atoms with Crippen molar-refractivity contribution in [1.29, 1.82) is 0 Å². The molecule has 8 heteroatoms. The van der Waals surface area contributed by atoms with E-state index in [0.717, 1.165) is 21.7 Å². The van der Waals surface area contributed by atoms with Crippen LogP contribution in [0, 0.1) is 6.92 Å². The number of rotatable bonds is 9. The highest BCUT2D eigenvalue weighted by atomic mass is 35.5. The van der Waals surface area contributed by atoms with Crippen molar-refractivity contribution >= 4 is 34.7 Å². The van der Waals surface area contributed by atoms with E-state index in [1.807, 2.05) is 47.9 Å². The number of ether oxygens (including phenoxy) is 1. The molecule has 0 amide bonds. The monoisotopic (exact) mass is 482 g/mol. The van der Waals surface area contributed by atoms with Crippen LogP contribution >= 0.6 is 34.7 Å². The van der Waals surface area contributed by atoms with Crippen LogP contribution in [0.3, 0.4) is 0 Å². The zero-order chi connectivity index (χ0) is 22.5. The van der Waals surface area contributed by atoms with Crippen LogP contribution in [0.2, 0.25) is 5.02 Å². The average Bonchev–Trinajstić information content (AvgIpc) is 3.42. The predicted octanol–water partition coefficient (Wildman–Crippen LogP) is 6.98. The first-order chi connectivity index (χ1) is 15.6. The minimum absolute atomic E-state index is 0.316. The maximum atomic E-state index is 6.24. The molecule has 0 aliphatic carbocycles. The summed E-state index contributed by atoms with van der Waals surface area (Å²) in [7, 11) is 0. The molecule has 0 saturated carbocycles. The summed E-state index contributed by atoms with van der Waals surface area (Å²) in [6.07, 6.45) is 1.52. The molecule has 0 spiro atoms. The van der Waals surface area contributed by atoms with Crippen molar-refractivity contribution in [3.05, 3.63) is 88.7 Å². The lowest BCUT2D eigenvalue weighted by Gasteiger charge is -2.16. The van der Waals surface area contributed by atoms with Crippen LogP contribution in [-0.2, 0) is 12.3 Å². The normalized spacial score (nSPS) is 12.0. The zero-order valence-electron chi connectivity index (χ0n) is 17.9. The number of halogens is 1. The number of allylic oxidation sites excluding steroid dienone is 1. The second-order valence-corrected chi connectivity index (χ2v) is 9.39. The fourth-order valence-electron chi connectivity index (χ4n) is 3.24. The van der Waals surface area contributed by atoms with E-state index in [-0.39, 0.29) is 6.10 Å². The summed E-state index contributed by atoms with van der Waals surface area (Å²) in [5.74, 6) is 2.05. The lowest BCUT2D eigenvalue weighted by molar-refractivity contribution is 0.210. The summed E-state index contributed by atoms with van der Waals surface area (Å²) in [6.45, 7) is 8.52. The number of hydrogen-bond acceptors (Lipinski definition) is 6. The quantitative estimate of drug-likeness (QED) is 0.190. The molecule has 1 unspecified atom stereocenters. The highest BCUT2D eigenvalue weighted by Crippen LogP contribution is 2.32. The molecule has 1 atom stereocenters. The molecule has 0 saturated heterocycles. The molecule has 0 fully saturated rings. The Kier molecular flexibility index (Phi) is 7.29. The Morgan fingerprint density at radius 3 is 2.75 bits per heavy atom. The smallest absolute Gasteiger partial charge is 0.192 e. The van der Waals surface area contributed by atoms with Crippen LogP contribution in [0.25, 0.3) is 10.6 Å². The third-order valence-corrected chi connectivity index (χ3v) is 7.07. The van der Waals surface area contributed by atoms with Crippen molar-refractivity contribution in [2.24, 2.45) is 0 Å². The van der Waals surface area contributed by atoms with Gasteiger partial charge < -0.3 is 4.74 Å². The predicted molar refractivity (Wildman–Crippen MR) is 133 cm³/mol. The second-order valence-electron chi connectivity index (χ2n) is 7.18. The first kappa shape index (κ1) is 22.6. The summed E-state index contributed by atoms with van der Waals surface area (Å²) in [6, 6.07) is 15.7. The van der Waals surface area contributed by atoms with Gasteiger partial charge >= 0.3 is 0 Å². The van der Waals surface area contributed by atoms with Gasteiger partial charge in [-0.1, -0.05) is 65.8 Å². The summed E-state index contributed by atoms with van der Waals surface area (Å²) >= 11 is 9.51. The molecule has 4 aromatic rings. The Morgan fingerprint density at radius 2 is 1.97 bits per heavy atom. The number of nitrogens with zero attached hydrogens (tertiary/aromatic N) is 4. The van der Waals surface area contributed by atoms with Gasteiger partial charge in [0.2, 0.25) is 0 Å². The van der Waals surface area contributed by atoms with Crippen LogP contribution in [0.1, 0.15) is 30.1 Å². The first-order valence-corrected chi connectivity index (χ1v) is 12.4. The van der Waals surface area contributed by atoms with E-state index in [1.54, 1.807) is 29.2 Å². The van der Waals surface area contributed by atoms with Crippen LogP contribution in [0.5, 0.6) is 5.75 Å². The summed E-state index contributed by atoms with van der Waals surface area (Å²) in [5, 5.41) is 13.3. The van der Waals surface area contributed by atoms with Crippen LogP contribution in [0.15, 0.2) is 71.7 Å². The molecular formula is C24H23ClN4OS2. The van der Waals surface area contributed by atoms with Crippen LogP contribution in [0.4, 0.5) is 0 Å². The number of hydrogen-bond donors (Lipinski definition) is 0. The van der Waals surface area contributed by atoms with E-state index < -0.39 is 0 Å². The van der Waals surface area contributed by atoms with Gasteiger partial charge in [0.15, 0.2) is 17.1 Å². The fraction of sp³-hybridized carbons (Fsp3) is 0.208. The summed E-state index contributed by atoms with van der Waals surface area (Å²) in [5.41, 5.74) is 3.42. The van der Waals surface area contributed by atoms with Crippen molar-refractivity contribution in [2.45, 2.75) is 37.4 Å². The lowest BCUT2D eigenvalue weighted by Crippen LogP contribution is -2.12. The summed E-state index contributed by atoms with van der Waals surface area (Å²) in [4.78, 5) is 4.82. The highest BCUT2D eigenvalue weighted by Gasteiger charge is 2.20. The molecule has 2 aromatic carbocycles. The van der Waals surface area contributed by atoms with Crippen LogP contribution in [-0.4, -0.2) is 19.7 Å². The van der Waals surface area contributed by atoms with Gasteiger partial charge in [0.1, 0.15) is 10.8 Å². The van der Waals surface area contributed by atoms with Gasteiger partial charge in [0.05, 0.1) is 10.7 Å². The van der Waals surface area contributed by atoms with E-state index >= 15 is 0 Å². The highest BCUT2D eigenvalue weighted by molar-refractivity contribution is 7.98. The van der Waals surface area contributed by atoms with Gasteiger partial charge in [-0.2, -0.15) is 0 Å². The van der Waals surface area contributed by atoms with E-state index in [0.29, 0.717) is 23.1 Å². The number of thioether (sulfide) groups is 1. The second kappa shape index (κ2) is 10.3. The molecule has 2 heterocycles. The number of benzene rings is 2. The van der Waals surface area contributed by atoms with Gasteiger partial charge in [-0.05, 0) is 31.5 Å². The van der Waals surface area contributed by atoms with Crippen molar-refractivity contribution < 1.29 is 4.74 Å². The van der Waals surface area contributed by atoms with Gasteiger partial charge in [0, 0.05) is 23.2 Å². The third kappa shape index (κ3) is 5.06. The number of thiazole rings is 1. The molecule has 4 rings (SSSR count). The Bertz CT molecular complexity index is 1220. The zero-order valence-corrected chi connectivity index (χ0v) is 20.3. The topological polar surface area (TPSA) is 52.8 Å². The van der Waals surface area contributed by atoms with E-state index in [9.17, 15) is 0 Å². The van der Waals surface area contributed by atoms with E-state index in [1.165, 1.54) is 11.1 Å². The summed E-state index contributed by atoms with van der Waals surface area (Å²) < 4.78 is 8.07. The Labute approximate surface area is 201 Å². The van der Waals surface area contributed by atoms with Gasteiger partial charge in [0.25, 0.3) is 0 Å². The Morgan fingerprint density at radius 1 is 1.19 bits per heavy atom. The molecule has 0 N–H and O–H groups in total. The van der Waals surface area contributed by atoms with Gasteiger partial charge in [-0.3, -0.25) is 4.57 Å².